The van der Waals surface area contributed by atoms with Gasteiger partial charge in [0.2, 0.25) is 0 Å². The van der Waals surface area contributed by atoms with Crippen molar-refractivity contribution in [2.24, 2.45) is 0 Å². The van der Waals surface area contributed by atoms with Crippen molar-refractivity contribution < 1.29 is 6.16 Å². The minimum absolute atomic E-state index is 0. The topological polar surface area (TPSA) is 27.1 Å². The summed E-state index contributed by atoms with van der Waals surface area (Å²) in [6.45, 7) is 8.46. The van der Waals surface area contributed by atoms with Gasteiger partial charge in [-0.15, -0.1) is 0 Å². The first-order chi connectivity index (χ1) is 13.5. The maximum absolute atomic E-state index is 6.19. The number of hydrogen-bond acceptors (Lipinski definition) is 2. The van der Waals surface area contributed by atoms with Gasteiger partial charge < -0.3 is 0 Å². The van der Waals surface area contributed by atoms with E-state index in [1.54, 1.807) is 0 Å². The monoisotopic (exact) mass is 795 g/mol. The molecule has 8 heteroatoms. The van der Waals surface area contributed by atoms with Crippen LogP contribution in [0.2, 0.25) is 75.2 Å². The number of nitrogens with zero attached hydrogens (tertiary/aromatic N) is 2. The Morgan fingerprint density at radius 1 is 1.03 bits per heavy atom. The predicted molar refractivity (Wildman–Crippen MR) is 157 cm³/mol. The molecular formula is C23H51ClN2OSiSn3. The number of rotatable bonds is 6. The van der Waals surface area contributed by atoms with Crippen LogP contribution in [0.1, 0.15) is 8.85 Å². The number of aromatic nitrogens is 2. The molecule has 0 bridgehead atoms. The molecule has 0 aliphatic rings. The van der Waals surface area contributed by atoms with Crippen LogP contribution in [-0.2, 0) is 11.5 Å². The van der Waals surface area contributed by atoms with Gasteiger partial charge in [-0.2, -0.15) is 0 Å². The molecule has 3 nitrogen and oxygen atoms in total. The van der Waals surface area contributed by atoms with Gasteiger partial charge in [0.25, 0.3) is 0 Å². The molecule has 2 radical (unpaired) electrons. The van der Waals surface area contributed by atoms with Gasteiger partial charge >= 0.3 is 213 Å². The van der Waals surface area contributed by atoms with Crippen LogP contribution in [-0.4, -0.2) is 82.4 Å². The van der Waals surface area contributed by atoms with Gasteiger partial charge in [-0.1, -0.05) is 7.43 Å². The van der Waals surface area contributed by atoms with Crippen molar-refractivity contribution in [3.63, 3.8) is 0 Å². The molecule has 1 heterocycles. The molecule has 2 aromatic rings. The molecule has 1 aromatic heterocycles. The van der Waals surface area contributed by atoms with E-state index < -0.39 is 66.0 Å². The predicted octanol–water partition coefficient (Wildman–Crippen LogP) is 8.17. The summed E-state index contributed by atoms with van der Waals surface area (Å²) in [5.74, 6) is 0. The number of benzene rings is 1. The zero-order chi connectivity index (χ0) is 23.7. The normalized spacial score (nSPS) is 11.6. The van der Waals surface area contributed by atoms with E-state index >= 15 is 0 Å². The zero-order valence-electron chi connectivity index (χ0n) is 21.5. The minimum atomic E-state index is -2.28. The summed E-state index contributed by atoms with van der Waals surface area (Å²) in [5.41, 5.74) is 1.14. The SMILES string of the molecule is C.C[Si](C)(C)CCOCn1n[c]([Sn]([CH3])([CH3])[CH3])c2cc(Cl)ccc21.[2HH].[CH3][Sn]([CH3])[CH3].[CH3][Sn]([CH3])[CH3]. The third-order valence-corrected chi connectivity index (χ3v) is 10.7. The van der Waals surface area contributed by atoms with E-state index in [9.17, 15) is 0 Å². The molecule has 0 amide bonds. The second kappa shape index (κ2) is 16.3. The van der Waals surface area contributed by atoms with Crippen molar-refractivity contribution in [1.29, 1.82) is 0 Å². The second-order valence-corrected chi connectivity index (χ2v) is 48.5. The molecule has 0 saturated carbocycles. The third kappa shape index (κ3) is 16.8. The van der Waals surface area contributed by atoms with Gasteiger partial charge in [-0.3, -0.25) is 0 Å². The van der Waals surface area contributed by atoms with Gasteiger partial charge in [0.05, 0.1) is 0 Å². The quantitative estimate of drug-likeness (QED) is 0.218. The first-order valence-electron chi connectivity index (χ1n) is 10.8. The average Bonchev–Trinajstić information content (AvgIpc) is 2.87. The number of hydrogen-bond donors (Lipinski definition) is 0. The van der Waals surface area contributed by atoms with Crippen molar-refractivity contribution >= 4 is 92.2 Å². The molecule has 0 aliphatic carbocycles. The van der Waals surface area contributed by atoms with Crippen molar-refractivity contribution in [2.75, 3.05) is 6.61 Å². The summed E-state index contributed by atoms with van der Waals surface area (Å²) in [7, 11) is -1.04. The van der Waals surface area contributed by atoms with Crippen LogP contribution in [0.3, 0.4) is 0 Å². The zero-order valence-corrected chi connectivity index (χ0v) is 31.9. The fraction of sp³-hybridized carbons (Fsp3) is 0.696. The Morgan fingerprint density at radius 2 is 1.52 bits per heavy atom. The molecule has 0 N–H and O–H groups in total. The molecule has 31 heavy (non-hydrogen) atoms. The molecule has 0 spiro atoms. The van der Waals surface area contributed by atoms with Gasteiger partial charge in [-0.05, 0) is 0 Å². The molecule has 0 fully saturated rings. The summed E-state index contributed by atoms with van der Waals surface area (Å²) in [4.78, 5) is 21.3. The van der Waals surface area contributed by atoms with E-state index in [4.69, 9.17) is 21.4 Å². The van der Waals surface area contributed by atoms with E-state index in [1.165, 1.54) is 15.1 Å². The molecule has 0 aliphatic heterocycles. The van der Waals surface area contributed by atoms with Gasteiger partial charge in [0.15, 0.2) is 0 Å². The summed E-state index contributed by atoms with van der Waals surface area (Å²) in [6, 6.07) is 7.24. The van der Waals surface area contributed by atoms with E-state index in [-0.39, 0.29) is 8.85 Å². The Bertz CT molecular complexity index is 748. The second-order valence-electron chi connectivity index (χ2n) is 11.1. The van der Waals surface area contributed by atoms with Crippen molar-refractivity contribution in [1.82, 2.24) is 9.78 Å². The van der Waals surface area contributed by atoms with Crippen LogP contribution in [0.5, 0.6) is 0 Å². The maximum atomic E-state index is 6.19. The molecular weight excluding hydrogens is 740 g/mol. The average molecular weight is 792 g/mol. The summed E-state index contributed by atoms with van der Waals surface area (Å²) in [5, 5.41) is 6.87. The van der Waals surface area contributed by atoms with Crippen LogP contribution >= 0.6 is 11.6 Å². The summed E-state index contributed by atoms with van der Waals surface area (Å²) in [6.07, 6.45) is 0. The first-order valence-corrected chi connectivity index (χ1v) is 42.0. The van der Waals surface area contributed by atoms with Crippen molar-refractivity contribution in [3.05, 3.63) is 23.2 Å². The fourth-order valence-corrected chi connectivity index (χ4v) is 7.34. The van der Waals surface area contributed by atoms with Gasteiger partial charge in [0, 0.05) is 1.43 Å². The van der Waals surface area contributed by atoms with Crippen molar-refractivity contribution in [3.8, 4) is 0 Å². The number of halogens is 1. The Kier molecular flexibility index (Phi) is 18.2. The molecule has 0 atom stereocenters. The van der Waals surface area contributed by atoms with E-state index in [2.05, 4.69) is 76.2 Å². The molecule has 0 saturated heterocycles. The Morgan fingerprint density at radius 3 is 1.94 bits per heavy atom. The molecule has 0 unspecified atom stereocenters. The Hall–Kier alpha value is 1.55. The number of ether oxygens (including phenoxy) is 1. The Balaban J connectivity index is -0.000000729. The van der Waals surface area contributed by atoms with Crippen LogP contribution in [0, 0.1) is 0 Å². The van der Waals surface area contributed by atoms with E-state index in [1.807, 2.05) is 10.7 Å². The van der Waals surface area contributed by atoms with Crippen LogP contribution in [0.4, 0.5) is 0 Å². The van der Waals surface area contributed by atoms with E-state index in [0.29, 0.717) is 6.73 Å². The van der Waals surface area contributed by atoms with E-state index in [0.717, 1.165) is 17.1 Å². The fourth-order valence-electron chi connectivity index (χ4n) is 2.33. The molecule has 2 rings (SSSR count). The van der Waals surface area contributed by atoms with Crippen molar-refractivity contribution in [2.45, 2.75) is 84.3 Å². The Labute approximate surface area is 219 Å². The summed E-state index contributed by atoms with van der Waals surface area (Å²) < 4.78 is 9.17. The van der Waals surface area contributed by atoms with Gasteiger partial charge in [0.1, 0.15) is 0 Å². The third-order valence-electron chi connectivity index (χ3n) is 3.63. The van der Waals surface area contributed by atoms with Crippen LogP contribution in [0.25, 0.3) is 10.9 Å². The molecule has 1 aromatic carbocycles. The standard InChI is InChI=1S/C13H18ClN2OSi.CH4.9CH3.3Sn.H2/c1-18(2,3)7-6-17-10-16-13-5-4-12(14)8-11(13)9-15-16;;;;;;;;;;;;;;/h4-5,8H,6-7,10H2,1-3H3;1H4;9*1H3;;;;1H/i;;;;;;;;;;;;;;1+1. The van der Waals surface area contributed by atoms with Gasteiger partial charge in [-0.25, -0.2) is 0 Å². The number of fused-ring (bicyclic) bond motifs is 1. The summed E-state index contributed by atoms with van der Waals surface area (Å²) >= 11 is 2.82. The first kappa shape index (κ1) is 34.7. The van der Waals surface area contributed by atoms with Crippen LogP contribution < -0.4 is 3.71 Å². The molecule has 182 valence electrons. The van der Waals surface area contributed by atoms with Crippen LogP contribution in [0.15, 0.2) is 18.2 Å².